The summed E-state index contributed by atoms with van der Waals surface area (Å²) < 4.78 is 36.6. The van der Waals surface area contributed by atoms with Gasteiger partial charge in [0, 0.05) is 22.8 Å². The van der Waals surface area contributed by atoms with Crippen LogP contribution in [0.4, 0.5) is 18.9 Å². The number of halogens is 4. The van der Waals surface area contributed by atoms with Crippen LogP contribution in [0.5, 0.6) is 0 Å². The van der Waals surface area contributed by atoms with Crippen LogP contribution in [-0.2, 0) is 0 Å². The molecule has 17 heavy (non-hydrogen) atoms. The molecule has 1 aromatic carbocycles. The molecule has 0 spiro atoms. The number of carbonyl (C=O) groups excluding carboxylic acids is 1. The number of benzene rings is 1. The Morgan fingerprint density at radius 2 is 2.06 bits per heavy atom. The first-order valence-corrected chi connectivity index (χ1v) is 5.93. The van der Waals surface area contributed by atoms with Crippen LogP contribution in [0, 0.1) is 0 Å². The fourth-order valence-electron chi connectivity index (χ4n) is 1.22. The van der Waals surface area contributed by atoms with Gasteiger partial charge in [-0.1, -0.05) is 6.07 Å². The van der Waals surface area contributed by atoms with E-state index in [0.717, 1.165) is 0 Å². The second-order valence-corrected chi connectivity index (χ2v) is 4.61. The van der Waals surface area contributed by atoms with Gasteiger partial charge in [-0.2, -0.15) is 13.2 Å². The predicted molar refractivity (Wildman–Crippen MR) is 62.4 cm³/mol. The second-order valence-electron chi connectivity index (χ2n) is 3.13. The van der Waals surface area contributed by atoms with E-state index in [4.69, 9.17) is 17.3 Å². The van der Waals surface area contributed by atoms with Crippen LogP contribution < -0.4 is 5.73 Å². The highest BCUT2D eigenvalue weighted by atomic mass is 35.5. The van der Waals surface area contributed by atoms with Crippen molar-refractivity contribution in [3.8, 4) is 0 Å². The van der Waals surface area contributed by atoms with Crippen molar-refractivity contribution < 1.29 is 18.0 Å². The topological polar surface area (TPSA) is 43.1 Å². The van der Waals surface area contributed by atoms with E-state index < -0.39 is 5.51 Å². The largest absolute Gasteiger partial charge is 0.446 e. The van der Waals surface area contributed by atoms with E-state index in [2.05, 4.69) is 0 Å². The summed E-state index contributed by atoms with van der Waals surface area (Å²) in [5.41, 5.74) is 1.04. The molecule has 94 valence electrons. The monoisotopic (exact) mass is 283 g/mol. The Bertz CT molecular complexity index is 423. The van der Waals surface area contributed by atoms with E-state index >= 15 is 0 Å². The molecule has 0 aliphatic heterocycles. The molecular weight excluding hydrogens is 275 g/mol. The highest BCUT2D eigenvalue weighted by Crippen LogP contribution is 2.40. The maximum Gasteiger partial charge on any atom is 0.446 e. The molecule has 0 aliphatic carbocycles. The maximum atomic E-state index is 12.2. The Hall–Kier alpha value is -0.880. The highest BCUT2D eigenvalue weighted by Gasteiger charge is 2.30. The van der Waals surface area contributed by atoms with E-state index in [-0.39, 0.29) is 46.0 Å². The molecule has 2 N–H and O–H groups in total. The second kappa shape index (κ2) is 5.64. The van der Waals surface area contributed by atoms with Crippen molar-refractivity contribution in [2.75, 3.05) is 11.6 Å². The van der Waals surface area contributed by atoms with Crippen LogP contribution in [0.2, 0.25) is 0 Å². The Morgan fingerprint density at radius 1 is 1.41 bits per heavy atom. The van der Waals surface area contributed by atoms with Crippen molar-refractivity contribution in [1.29, 1.82) is 0 Å². The molecule has 7 heteroatoms. The molecule has 0 fully saturated rings. The van der Waals surface area contributed by atoms with Crippen LogP contribution >= 0.6 is 23.4 Å². The van der Waals surface area contributed by atoms with E-state index in [1.54, 1.807) is 0 Å². The fourth-order valence-corrected chi connectivity index (χ4v) is 2.01. The molecule has 0 amide bonds. The number of hydrogen-bond donors (Lipinski definition) is 1. The van der Waals surface area contributed by atoms with Crippen molar-refractivity contribution in [2.45, 2.75) is 16.8 Å². The van der Waals surface area contributed by atoms with Crippen molar-refractivity contribution in [3.05, 3.63) is 23.8 Å². The molecule has 0 saturated carbocycles. The zero-order chi connectivity index (χ0) is 13.1. The van der Waals surface area contributed by atoms with Crippen molar-refractivity contribution >= 4 is 34.8 Å². The van der Waals surface area contributed by atoms with Gasteiger partial charge in [0.2, 0.25) is 0 Å². The molecule has 2 nitrogen and oxygen atoms in total. The minimum absolute atomic E-state index is 0.0475. The third-order valence-corrected chi connectivity index (χ3v) is 2.91. The summed E-state index contributed by atoms with van der Waals surface area (Å²) >= 11 is 5.06. The fraction of sp³-hybridized carbons (Fsp3) is 0.300. The first kappa shape index (κ1) is 14.2. The average molecular weight is 284 g/mol. The number of nitrogens with two attached hydrogens (primary N) is 1. The van der Waals surface area contributed by atoms with E-state index in [1.807, 2.05) is 0 Å². The Balaban J connectivity index is 3.03. The lowest BCUT2D eigenvalue weighted by Gasteiger charge is -2.11. The summed E-state index contributed by atoms with van der Waals surface area (Å²) in [6.45, 7) is 0. The van der Waals surface area contributed by atoms with E-state index in [9.17, 15) is 18.0 Å². The van der Waals surface area contributed by atoms with Crippen molar-refractivity contribution in [3.63, 3.8) is 0 Å². The Kier molecular flexibility index (Phi) is 4.70. The maximum absolute atomic E-state index is 12.2. The SMILES string of the molecule is Nc1c(SC(F)(F)F)cccc1C(=O)CCCl. The number of thioether (sulfide) groups is 1. The number of ketones is 1. The van der Waals surface area contributed by atoms with Crippen LogP contribution in [0.15, 0.2) is 23.1 Å². The molecule has 1 aromatic rings. The minimum atomic E-state index is -4.43. The van der Waals surface area contributed by atoms with Gasteiger partial charge in [0.15, 0.2) is 5.78 Å². The third kappa shape index (κ3) is 4.12. The van der Waals surface area contributed by atoms with Crippen LogP contribution in [-0.4, -0.2) is 17.2 Å². The van der Waals surface area contributed by atoms with Gasteiger partial charge in [-0.25, -0.2) is 0 Å². The van der Waals surface area contributed by atoms with Gasteiger partial charge in [0.1, 0.15) is 0 Å². The average Bonchev–Trinajstić information content (AvgIpc) is 2.19. The summed E-state index contributed by atoms with van der Waals surface area (Å²) in [5.74, 6) is -0.253. The number of hydrogen-bond acceptors (Lipinski definition) is 3. The zero-order valence-corrected chi connectivity index (χ0v) is 10.1. The van der Waals surface area contributed by atoms with E-state index in [0.29, 0.717) is 0 Å². The van der Waals surface area contributed by atoms with Gasteiger partial charge in [-0.05, 0) is 23.9 Å². The van der Waals surface area contributed by atoms with Gasteiger partial charge in [0.25, 0.3) is 0 Å². The van der Waals surface area contributed by atoms with Crippen LogP contribution in [0.25, 0.3) is 0 Å². The number of alkyl halides is 4. The minimum Gasteiger partial charge on any atom is -0.397 e. The van der Waals surface area contributed by atoms with Gasteiger partial charge >= 0.3 is 5.51 Å². The standard InChI is InChI=1S/C10H9ClF3NOS/c11-5-4-7(16)6-2-1-3-8(9(6)15)17-10(12,13)14/h1-3H,4-5,15H2. The molecule has 0 heterocycles. The summed E-state index contributed by atoms with van der Waals surface area (Å²) in [7, 11) is 0. The normalized spacial score (nSPS) is 11.5. The number of para-hydroxylation sites is 1. The number of nitrogen functional groups attached to an aromatic ring is 1. The molecule has 0 bridgehead atoms. The summed E-state index contributed by atoms with van der Waals surface area (Å²) in [6.07, 6.45) is 0.0475. The van der Waals surface area contributed by atoms with Gasteiger partial charge < -0.3 is 5.73 Å². The number of Topliss-reactive ketones (excluding diaryl/α,β-unsaturated/α-hetero) is 1. The molecular formula is C10H9ClF3NOS. The Labute approximate surface area is 105 Å². The van der Waals surface area contributed by atoms with Crippen LogP contribution in [0.1, 0.15) is 16.8 Å². The van der Waals surface area contributed by atoms with Gasteiger partial charge in [0.05, 0.1) is 5.69 Å². The highest BCUT2D eigenvalue weighted by molar-refractivity contribution is 8.00. The third-order valence-electron chi connectivity index (χ3n) is 1.91. The smallest absolute Gasteiger partial charge is 0.397 e. The lowest BCUT2D eigenvalue weighted by Crippen LogP contribution is -2.07. The lowest BCUT2D eigenvalue weighted by atomic mass is 10.1. The molecule has 0 aromatic heterocycles. The summed E-state index contributed by atoms with van der Waals surface area (Å²) in [4.78, 5) is 11.4. The number of carbonyl (C=O) groups is 1. The lowest BCUT2D eigenvalue weighted by molar-refractivity contribution is -0.0328. The number of rotatable bonds is 4. The molecule has 0 unspecified atom stereocenters. The Morgan fingerprint density at radius 3 is 2.59 bits per heavy atom. The summed E-state index contributed by atoms with van der Waals surface area (Å²) in [6, 6.07) is 3.99. The summed E-state index contributed by atoms with van der Waals surface area (Å²) in [5, 5.41) is 0. The van der Waals surface area contributed by atoms with Crippen molar-refractivity contribution in [2.24, 2.45) is 0 Å². The molecule has 0 saturated heterocycles. The van der Waals surface area contributed by atoms with E-state index in [1.165, 1.54) is 18.2 Å². The molecule has 1 rings (SSSR count). The van der Waals surface area contributed by atoms with Gasteiger partial charge in [-0.15, -0.1) is 11.6 Å². The van der Waals surface area contributed by atoms with Gasteiger partial charge in [-0.3, -0.25) is 4.79 Å². The zero-order valence-electron chi connectivity index (χ0n) is 8.55. The predicted octanol–water partition coefficient (Wildman–Crippen LogP) is 3.69. The molecule has 0 aliphatic rings. The first-order chi connectivity index (χ1) is 7.85. The molecule has 0 radical (unpaired) electrons. The van der Waals surface area contributed by atoms with Crippen molar-refractivity contribution in [1.82, 2.24) is 0 Å². The quantitative estimate of drug-likeness (QED) is 0.397. The molecule has 0 atom stereocenters. The first-order valence-electron chi connectivity index (χ1n) is 4.58. The number of anilines is 1. The van der Waals surface area contributed by atoms with Crippen LogP contribution in [0.3, 0.4) is 0 Å².